The van der Waals surface area contributed by atoms with Crippen molar-refractivity contribution in [1.82, 2.24) is 4.90 Å². The van der Waals surface area contributed by atoms with Crippen molar-refractivity contribution in [1.29, 1.82) is 0 Å². The van der Waals surface area contributed by atoms with Crippen molar-refractivity contribution >= 4 is 6.09 Å². The van der Waals surface area contributed by atoms with Crippen molar-refractivity contribution in [2.45, 2.75) is 58.7 Å². The predicted octanol–water partition coefficient (Wildman–Crippen LogP) is 3.02. The molecule has 1 aliphatic heterocycles. The van der Waals surface area contributed by atoms with E-state index in [2.05, 4.69) is 6.07 Å². The molecule has 0 spiro atoms. The van der Waals surface area contributed by atoms with Crippen molar-refractivity contribution in [3.63, 3.8) is 0 Å². The van der Waals surface area contributed by atoms with Gasteiger partial charge in [-0.1, -0.05) is 6.07 Å². The molecule has 1 heterocycles. The first-order valence-corrected chi connectivity index (χ1v) is 8.10. The first-order valence-electron chi connectivity index (χ1n) is 8.10. The maximum absolute atomic E-state index is 12.3. The van der Waals surface area contributed by atoms with Gasteiger partial charge in [0.1, 0.15) is 18.0 Å². The van der Waals surface area contributed by atoms with Gasteiger partial charge in [-0.3, -0.25) is 0 Å². The van der Waals surface area contributed by atoms with Crippen LogP contribution in [0.1, 0.15) is 38.3 Å². The zero-order valence-corrected chi connectivity index (χ0v) is 14.8. The number of amides is 1. The molecule has 1 saturated heterocycles. The third-order valence-corrected chi connectivity index (χ3v) is 3.71. The molecule has 1 aromatic rings. The Morgan fingerprint density at radius 2 is 1.87 bits per heavy atom. The maximum Gasteiger partial charge on any atom is 0.410 e. The molecule has 0 bridgehead atoms. The normalized spacial score (nSPS) is 21.4. The minimum Gasteiger partial charge on any atom is -0.491 e. The molecule has 1 fully saturated rings. The third kappa shape index (κ3) is 5.13. The zero-order valence-electron chi connectivity index (χ0n) is 14.8. The van der Waals surface area contributed by atoms with Crippen LogP contribution in [0.5, 0.6) is 5.75 Å². The standard InChI is InChI=1S/C18H28N2O3/c1-12-6-13(2)8-16(7-12)22-11-15-9-14(19)10-20(15)17(21)23-18(3,4)5/h6-8,14-15H,9-11,19H2,1-5H3/t14-,15-/m0/s1. The van der Waals surface area contributed by atoms with E-state index in [0.717, 1.165) is 23.3 Å². The molecule has 1 amide bonds. The summed E-state index contributed by atoms with van der Waals surface area (Å²) in [6.45, 7) is 10.6. The molecule has 2 atom stereocenters. The van der Waals surface area contributed by atoms with Crippen LogP contribution in [0.3, 0.4) is 0 Å². The van der Waals surface area contributed by atoms with E-state index in [1.165, 1.54) is 0 Å². The van der Waals surface area contributed by atoms with Crippen LogP contribution in [0.4, 0.5) is 4.79 Å². The van der Waals surface area contributed by atoms with Gasteiger partial charge in [0.05, 0.1) is 6.04 Å². The third-order valence-electron chi connectivity index (χ3n) is 3.71. The number of hydrogen-bond acceptors (Lipinski definition) is 4. The maximum atomic E-state index is 12.3. The second-order valence-corrected chi connectivity index (χ2v) is 7.42. The second kappa shape index (κ2) is 6.79. The summed E-state index contributed by atoms with van der Waals surface area (Å²) in [4.78, 5) is 14.0. The van der Waals surface area contributed by atoms with E-state index in [1.54, 1.807) is 4.90 Å². The van der Waals surface area contributed by atoms with Crippen molar-refractivity contribution in [3.8, 4) is 5.75 Å². The molecule has 128 valence electrons. The zero-order chi connectivity index (χ0) is 17.2. The van der Waals surface area contributed by atoms with Crippen molar-refractivity contribution in [2.75, 3.05) is 13.2 Å². The summed E-state index contributed by atoms with van der Waals surface area (Å²) in [5, 5.41) is 0. The van der Waals surface area contributed by atoms with Crippen LogP contribution in [0.2, 0.25) is 0 Å². The lowest BCUT2D eigenvalue weighted by atomic mass is 10.1. The van der Waals surface area contributed by atoms with Crippen LogP contribution in [0.25, 0.3) is 0 Å². The largest absolute Gasteiger partial charge is 0.491 e. The quantitative estimate of drug-likeness (QED) is 0.930. The van der Waals surface area contributed by atoms with E-state index in [1.807, 2.05) is 46.8 Å². The summed E-state index contributed by atoms with van der Waals surface area (Å²) in [5.74, 6) is 0.826. The van der Waals surface area contributed by atoms with Gasteiger partial charge in [-0.05, 0) is 64.3 Å². The Hall–Kier alpha value is -1.75. The lowest BCUT2D eigenvalue weighted by Crippen LogP contribution is -2.42. The van der Waals surface area contributed by atoms with E-state index < -0.39 is 5.60 Å². The molecule has 2 rings (SSSR count). The number of nitrogens with zero attached hydrogens (tertiary/aromatic N) is 1. The molecule has 1 aromatic carbocycles. The Balaban J connectivity index is 2.00. The fraction of sp³-hybridized carbons (Fsp3) is 0.611. The molecule has 2 N–H and O–H groups in total. The van der Waals surface area contributed by atoms with Crippen molar-refractivity contribution in [3.05, 3.63) is 29.3 Å². The summed E-state index contributed by atoms with van der Waals surface area (Å²) >= 11 is 0. The number of likely N-dealkylation sites (tertiary alicyclic amines) is 1. The van der Waals surface area contributed by atoms with E-state index in [-0.39, 0.29) is 18.2 Å². The molecule has 0 saturated carbocycles. The van der Waals surface area contributed by atoms with Gasteiger partial charge in [-0.15, -0.1) is 0 Å². The summed E-state index contributed by atoms with van der Waals surface area (Å²) in [6.07, 6.45) is 0.406. The van der Waals surface area contributed by atoms with Gasteiger partial charge in [0.15, 0.2) is 0 Å². The molecular formula is C18H28N2O3. The minimum absolute atomic E-state index is 0.0321. The summed E-state index contributed by atoms with van der Waals surface area (Å²) in [5.41, 5.74) is 7.84. The Kier molecular flexibility index (Phi) is 5.19. The highest BCUT2D eigenvalue weighted by Crippen LogP contribution is 2.22. The van der Waals surface area contributed by atoms with Gasteiger partial charge >= 0.3 is 6.09 Å². The van der Waals surface area contributed by atoms with E-state index in [0.29, 0.717) is 13.2 Å². The minimum atomic E-state index is -0.511. The lowest BCUT2D eigenvalue weighted by molar-refractivity contribution is 0.0186. The van der Waals surface area contributed by atoms with Gasteiger partial charge < -0.3 is 20.1 Å². The summed E-state index contributed by atoms with van der Waals surface area (Å²) in [6, 6.07) is 6.01. The van der Waals surface area contributed by atoms with Crippen LogP contribution >= 0.6 is 0 Å². The number of benzene rings is 1. The SMILES string of the molecule is Cc1cc(C)cc(OC[C@@H]2C[C@H](N)CN2C(=O)OC(C)(C)C)c1. The lowest BCUT2D eigenvalue weighted by Gasteiger charge is -2.28. The molecule has 0 aromatic heterocycles. The first-order chi connectivity index (χ1) is 10.6. The number of nitrogens with two attached hydrogens (primary N) is 1. The fourth-order valence-electron chi connectivity index (χ4n) is 2.86. The highest BCUT2D eigenvalue weighted by atomic mass is 16.6. The highest BCUT2D eigenvalue weighted by Gasteiger charge is 2.36. The topological polar surface area (TPSA) is 64.8 Å². The summed E-state index contributed by atoms with van der Waals surface area (Å²) < 4.78 is 11.4. The van der Waals surface area contributed by atoms with E-state index in [9.17, 15) is 4.79 Å². The molecule has 0 aliphatic carbocycles. The molecular weight excluding hydrogens is 292 g/mol. The number of aryl methyl sites for hydroxylation is 2. The Bertz CT molecular complexity index is 546. The Morgan fingerprint density at radius 1 is 1.26 bits per heavy atom. The van der Waals surface area contributed by atoms with Gasteiger partial charge in [0, 0.05) is 12.6 Å². The number of carbonyl (C=O) groups is 1. The Labute approximate surface area is 138 Å². The van der Waals surface area contributed by atoms with Gasteiger partial charge in [0.2, 0.25) is 0 Å². The molecule has 0 unspecified atom stereocenters. The van der Waals surface area contributed by atoms with Crippen molar-refractivity contribution < 1.29 is 14.3 Å². The second-order valence-electron chi connectivity index (χ2n) is 7.42. The van der Waals surface area contributed by atoms with Crippen LogP contribution in [-0.4, -0.2) is 41.8 Å². The predicted molar refractivity (Wildman–Crippen MR) is 90.7 cm³/mol. The number of hydrogen-bond donors (Lipinski definition) is 1. The highest BCUT2D eigenvalue weighted by molar-refractivity contribution is 5.69. The Morgan fingerprint density at radius 3 is 2.43 bits per heavy atom. The van der Waals surface area contributed by atoms with Crippen LogP contribution in [0.15, 0.2) is 18.2 Å². The first kappa shape index (κ1) is 17.6. The average molecular weight is 320 g/mol. The molecule has 0 radical (unpaired) electrons. The van der Waals surface area contributed by atoms with Crippen LogP contribution < -0.4 is 10.5 Å². The van der Waals surface area contributed by atoms with Crippen LogP contribution in [-0.2, 0) is 4.74 Å². The molecule has 5 nitrogen and oxygen atoms in total. The van der Waals surface area contributed by atoms with Gasteiger partial charge in [-0.2, -0.15) is 0 Å². The fourth-order valence-corrected chi connectivity index (χ4v) is 2.86. The molecule has 1 aliphatic rings. The van der Waals surface area contributed by atoms with Gasteiger partial charge in [0.25, 0.3) is 0 Å². The monoisotopic (exact) mass is 320 g/mol. The number of carbonyl (C=O) groups excluding carboxylic acids is 1. The van der Waals surface area contributed by atoms with E-state index in [4.69, 9.17) is 15.2 Å². The molecule has 23 heavy (non-hydrogen) atoms. The van der Waals surface area contributed by atoms with Gasteiger partial charge in [-0.25, -0.2) is 4.79 Å². The van der Waals surface area contributed by atoms with Crippen molar-refractivity contribution in [2.24, 2.45) is 5.73 Å². The van der Waals surface area contributed by atoms with E-state index >= 15 is 0 Å². The average Bonchev–Trinajstić information content (AvgIpc) is 2.74. The molecule has 5 heteroatoms. The summed E-state index contributed by atoms with van der Waals surface area (Å²) in [7, 11) is 0. The van der Waals surface area contributed by atoms with Crippen LogP contribution in [0, 0.1) is 13.8 Å². The smallest absolute Gasteiger partial charge is 0.410 e. The number of ether oxygens (including phenoxy) is 2. The number of rotatable bonds is 3.